The van der Waals surface area contributed by atoms with Crippen LogP contribution in [-0.2, 0) is 6.42 Å². The molecule has 0 aliphatic rings. The maximum Gasteiger partial charge on any atom is 0.134 e. The number of benzene rings is 1. The highest BCUT2D eigenvalue weighted by molar-refractivity contribution is 8.04. The molecule has 1 atom stereocenters. The molecule has 0 fully saturated rings. The Hall–Kier alpha value is -1.16. The van der Waals surface area contributed by atoms with E-state index in [1.807, 2.05) is 23.6 Å². The molecule has 0 spiro atoms. The summed E-state index contributed by atoms with van der Waals surface area (Å²) in [6, 6.07) is 9.41. The molecular weight excluding hydrogens is 216 g/mol. The second kappa shape index (κ2) is 5.54. The molecule has 0 heterocycles. The van der Waals surface area contributed by atoms with Crippen LogP contribution in [0.15, 0.2) is 24.3 Å². The van der Waals surface area contributed by atoms with E-state index in [1.54, 1.807) is 6.07 Å². The molecule has 0 aromatic heterocycles. The minimum absolute atomic E-state index is 0.347. The number of nitrogens with zero attached hydrogens (tertiary/aromatic N) is 2. The lowest BCUT2D eigenvalue weighted by Gasteiger charge is -2.05. The molecule has 0 bridgehead atoms. The normalized spacial score (nSPS) is 11.4. The van der Waals surface area contributed by atoms with E-state index < -0.39 is 0 Å². The lowest BCUT2D eigenvalue weighted by atomic mass is 10.1. The van der Waals surface area contributed by atoms with Gasteiger partial charge in [-0.05, 0) is 29.8 Å². The van der Waals surface area contributed by atoms with E-state index in [0.29, 0.717) is 11.4 Å². The van der Waals surface area contributed by atoms with E-state index in [-0.39, 0.29) is 5.25 Å². The Morgan fingerprint density at radius 2 is 2.07 bits per heavy atom. The van der Waals surface area contributed by atoms with Crippen LogP contribution in [0.2, 0.25) is 5.02 Å². The second-order valence-electron chi connectivity index (χ2n) is 2.62. The van der Waals surface area contributed by atoms with Crippen LogP contribution in [-0.4, -0.2) is 5.25 Å². The van der Waals surface area contributed by atoms with Crippen LogP contribution in [0.3, 0.4) is 0 Å². The highest BCUT2D eigenvalue weighted by Crippen LogP contribution is 2.20. The van der Waals surface area contributed by atoms with Gasteiger partial charge in [-0.15, -0.1) is 0 Å². The average Bonchev–Trinajstić information content (AvgIpc) is 2.20. The average molecular weight is 223 g/mol. The topological polar surface area (TPSA) is 47.6 Å². The molecule has 1 rings (SSSR count). The molecule has 14 heavy (non-hydrogen) atoms. The summed E-state index contributed by atoms with van der Waals surface area (Å²) in [5.74, 6) is 0. The SMILES string of the molecule is N#CS[C@@H](C#N)Cc1ccccc1Cl. The van der Waals surface area contributed by atoms with Crippen LogP contribution in [0.4, 0.5) is 0 Å². The number of thiocyanates is 1. The largest absolute Gasteiger partial charge is 0.197 e. The zero-order valence-electron chi connectivity index (χ0n) is 7.27. The fourth-order valence-corrected chi connectivity index (χ4v) is 1.70. The number of hydrogen-bond donors (Lipinski definition) is 0. The molecule has 0 unspecified atom stereocenters. The molecule has 0 amide bonds. The Bertz CT molecular complexity index is 392. The highest BCUT2D eigenvalue weighted by Gasteiger charge is 2.10. The quantitative estimate of drug-likeness (QED) is 0.739. The van der Waals surface area contributed by atoms with Crippen LogP contribution < -0.4 is 0 Å². The van der Waals surface area contributed by atoms with Crippen molar-refractivity contribution in [1.29, 1.82) is 10.5 Å². The predicted molar refractivity (Wildman–Crippen MR) is 57.8 cm³/mol. The third kappa shape index (κ3) is 2.96. The summed E-state index contributed by atoms with van der Waals surface area (Å²) in [5.41, 5.74) is 0.906. The minimum Gasteiger partial charge on any atom is -0.197 e. The first-order valence-corrected chi connectivity index (χ1v) is 5.21. The minimum atomic E-state index is -0.347. The van der Waals surface area contributed by atoms with E-state index in [1.165, 1.54) is 0 Å². The monoisotopic (exact) mass is 222 g/mol. The van der Waals surface area contributed by atoms with Gasteiger partial charge in [0, 0.05) is 5.02 Å². The van der Waals surface area contributed by atoms with Crippen molar-refractivity contribution in [3.63, 3.8) is 0 Å². The van der Waals surface area contributed by atoms with Crippen LogP contribution >= 0.6 is 23.4 Å². The molecule has 0 saturated carbocycles. The third-order valence-corrected chi connectivity index (χ3v) is 2.73. The van der Waals surface area contributed by atoms with Gasteiger partial charge in [0.2, 0.25) is 0 Å². The van der Waals surface area contributed by atoms with Gasteiger partial charge >= 0.3 is 0 Å². The summed E-state index contributed by atoms with van der Waals surface area (Å²) in [5, 5.41) is 19.4. The molecule has 0 saturated heterocycles. The Morgan fingerprint density at radius 3 is 2.64 bits per heavy atom. The molecule has 0 aliphatic heterocycles. The molecule has 4 heteroatoms. The zero-order chi connectivity index (χ0) is 10.4. The molecular formula is C10H7ClN2S. The molecule has 70 valence electrons. The first kappa shape index (κ1) is 10.9. The van der Waals surface area contributed by atoms with Gasteiger partial charge in [-0.3, -0.25) is 0 Å². The van der Waals surface area contributed by atoms with Crippen molar-refractivity contribution in [3.8, 4) is 11.5 Å². The molecule has 0 radical (unpaired) electrons. The van der Waals surface area contributed by atoms with E-state index in [2.05, 4.69) is 6.07 Å². The summed E-state index contributed by atoms with van der Waals surface area (Å²) < 4.78 is 0. The van der Waals surface area contributed by atoms with Gasteiger partial charge in [-0.1, -0.05) is 29.8 Å². The van der Waals surface area contributed by atoms with Gasteiger partial charge in [0.1, 0.15) is 10.7 Å². The van der Waals surface area contributed by atoms with E-state index in [9.17, 15) is 0 Å². The van der Waals surface area contributed by atoms with Crippen molar-refractivity contribution in [2.75, 3.05) is 0 Å². The lowest BCUT2D eigenvalue weighted by Crippen LogP contribution is -2.02. The zero-order valence-corrected chi connectivity index (χ0v) is 8.85. The first-order valence-electron chi connectivity index (χ1n) is 3.95. The fourth-order valence-electron chi connectivity index (χ4n) is 1.04. The number of thioether (sulfide) groups is 1. The number of rotatable bonds is 3. The van der Waals surface area contributed by atoms with Gasteiger partial charge < -0.3 is 0 Å². The Labute approximate surface area is 92.1 Å². The van der Waals surface area contributed by atoms with Gasteiger partial charge in [0.25, 0.3) is 0 Å². The Kier molecular flexibility index (Phi) is 4.32. The summed E-state index contributed by atoms with van der Waals surface area (Å²) in [7, 11) is 0. The first-order chi connectivity index (χ1) is 6.77. The van der Waals surface area contributed by atoms with Crippen molar-refractivity contribution < 1.29 is 0 Å². The standard InChI is InChI=1S/C10H7ClN2S/c11-10-4-2-1-3-8(10)5-9(6-12)14-7-13/h1-4,9H,5H2/t9-/m1/s1. The number of halogens is 1. The van der Waals surface area contributed by atoms with Crippen molar-refractivity contribution in [3.05, 3.63) is 34.9 Å². The van der Waals surface area contributed by atoms with Crippen molar-refractivity contribution >= 4 is 23.4 Å². The van der Waals surface area contributed by atoms with E-state index in [4.69, 9.17) is 22.1 Å². The Balaban J connectivity index is 2.74. The molecule has 0 N–H and O–H groups in total. The van der Waals surface area contributed by atoms with Crippen LogP contribution in [0, 0.1) is 22.0 Å². The van der Waals surface area contributed by atoms with Crippen molar-refractivity contribution in [1.82, 2.24) is 0 Å². The predicted octanol–water partition coefficient (Wildman–Crippen LogP) is 2.99. The lowest BCUT2D eigenvalue weighted by molar-refractivity contribution is 1.03. The maximum atomic E-state index is 8.74. The summed E-state index contributed by atoms with van der Waals surface area (Å²) >= 11 is 6.89. The molecule has 2 nitrogen and oxygen atoms in total. The smallest absolute Gasteiger partial charge is 0.134 e. The summed E-state index contributed by atoms with van der Waals surface area (Å²) in [4.78, 5) is 0. The van der Waals surface area contributed by atoms with Crippen LogP contribution in [0.25, 0.3) is 0 Å². The second-order valence-corrected chi connectivity index (χ2v) is 4.02. The molecule has 0 aliphatic carbocycles. The summed E-state index contributed by atoms with van der Waals surface area (Å²) in [6.07, 6.45) is 0.508. The van der Waals surface area contributed by atoms with Crippen molar-refractivity contribution in [2.24, 2.45) is 0 Å². The Morgan fingerprint density at radius 1 is 1.36 bits per heavy atom. The molecule has 1 aromatic carbocycles. The molecule has 1 aromatic rings. The summed E-state index contributed by atoms with van der Waals surface area (Å²) in [6.45, 7) is 0. The highest BCUT2D eigenvalue weighted by atomic mass is 35.5. The number of nitriles is 2. The van der Waals surface area contributed by atoms with Gasteiger partial charge in [0.15, 0.2) is 0 Å². The van der Waals surface area contributed by atoms with Crippen molar-refractivity contribution in [2.45, 2.75) is 11.7 Å². The maximum absolute atomic E-state index is 8.74. The number of hydrogen-bond acceptors (Lipinski definition) is 3. The fraction of sp³-hybridized carbons (Fsp3) is 0.200. The van der Waals surface area contributed by atoms with Gasteiger partial charge in [-0.2, -0.15) is 10.5 Å². The van der Waals surface area contributed by atoms with Gasteiger partial charge in [-0.25, -0.2) is 0 Å². The van der Waals surface area contributed by atoms with E-state index >= 15 is 0 Å². The van der Waals surface area contributed by atoms with Crippen LogP contribution in [0.1, 0.15) is 5.56 Å². The van der Waals surface area contributed by atoms with E-state index in [0.717, 1.165) is 17.3 Å². The van der Waals surface area contributed by atoms with Gasteiger partial charge in [0.05, 0.1) is 6.07 Å². The van der Waals surface area contributed by atoms with Crippen LogP contribution in [0.5, 0.6) is 0 Å². The third-order valence-electron chi connectivity index (χ3n) is 1.70.